The van der Waals surface area contributed by atoms with Crippen molar-refractivity contribution in [1.29, 1.82) is 5.26 Å². The van der Waals surface area contributed by atoms with Gasteiger partial charge >= 0.3 is 15.6 Å². The number of hydrogen-bond donors (Lipinski definition) is 2. The number of anilines is 1. The summed E-state index contributed by atoms with van der Waals surface area (Å²) in [5, 5.41) is 27.3. The molecule has 12 heteroatoms. The number of nitrogens with zero attached hydrogens (tertiary/aromatic N) is 3. The highest BCUT2D eigenvalue weighted by Crippen LogP contribution is 2.43. The molecule has 1 saturated carbocycles. The molecule has 1 heterocycles. The van der Waals surface area contributed by atoms with Crippen LogP contribution < -0.4 is 9.41 Å². The van der Waals surface area contributed by atoms with E-state index >= 15 is 0 Å². The largest absolute Gasteiger partial charge is 0.534 e. The van der Waals surface area contributed by atoms with Crippen LogP contribution in [0, 0.1) is 11.3 Å². The molecule has 0 bridgehead atoms. The predicted octanol–water partition coefficient (Wildman–Crippen LogP) is 3.31. The quantitative estimate of drug-likeness (QED) is 0.433. The lowest BCUT2D eigenvalue weighted by Crippen LogP contribution is -2.28. The van der Waals surface area contributed by atoms with Crippen LogP contribution in [0.4, 0.5) is 18.9 Å². The van der Waals surface area contributed by atoms with Gasteiger partial charge in [-0.2, -0.15) is 26.9 Å². The molecule has 8 nitrogen and oxygen atoms in total. The van der Waals surface area contributed by atoms with Gasteiger partial charge < -0.3 is 4.18 Å². The molecule has 0 amide bonds. The Balaban J connectivity index is 2.15. The molecule has 148 valence electrons. The van der Waals surface area contributed by atoms with Gasteiger partial charge in [-0.05, 0) is 36.6 Å². The average molecular weight is 415 g/mol. The normalized spacial score (nSPS) is 14.4. The predicted molar refractivity (Wildman–Crippen MR) is 88.0 cm³/mol. The van der Waals surface area contributed by atoms with Crippen molar-refractivity contribution in [2.75, 3.05) is 5.23 Å². The van der Waals surface area contributed by atoms with E-state index in [1.165, 1.54) is 30.3 Å². The average Bonchev–Trinajstić information content (AvgIpc) is 3.45. The first kappa shape index (κ1) is 19.9. The molecule has 3 rings (SSSR count). The molecule has 2 N–H and O–H groups in total. The Morgan fingerprint density at radius 2 is 1.82 bits per heavy atom. The lowest BCUT2D eigenvalue weighted by Gasteiger charge is -2.14. The SMILES string of the molecule is N#Cc1c(-c2ccc(N(O)O)cc2)cc(C2CC2)nc1OS(=O)(=O)C(F)(F)F. The van der Waals surface area contributed by atoms with Crippen molar-refractivity contribution in [2.24, 2.45) is 0 Å². The molecule has 0 atom stereocenters. The first-order valence-electron chi connectivity index (χ1n) is 7.77. The van der Waals surface area contributed by atoms with E-state index < -0.39 is 27.1 Å². The minimum Gasteiger partial charge on any atom is -0.354 e. The van der Waals surface area contributed by atoms with Crippen LogP contribution in [0.1, 0.15) is 30.0 Å². The lowest BCUT2D eigenvalue weighted by atomic mass is 9.99. The van der Waals surface area contributed by atoms with Crippen LogP contribution in [0.5, 0.6) is 5.88 Å². The highest BCUT2D eigenvalue weighted by atomic mass is 32.2. The summed E-state index contributed by atoms with van der Waals surface area (Å²) in [6.07, 6.45) is 1.43. The molecule has 0 saturated heterocycles. The van der Waals surface area contributed by atoms with Crippen molar-refractivity contribution in [3.63, 3.8) is 0 Å². The molecule has 0 spiro atoms. The third-order valence-electron chi connectivity index (χ3n) is 3.99. The molecule has 2 aromatic rings. The van der Waals surface area contributed by atoms with Crippen LogP contribution in [-0.2, 0) is 10.1 Å². The molecule has 1 fully saturated rings. The topological polar surface area (TPSA) is 124 Å². The van der Waals surface area contributed by atoms with E-state index in [0.29, 0.717) is 24.1 Å². The van der Waals surface area contributed by atoms with Gasteiger partial charge in [0.05, 0.1) is 5.69 Å². The molecule has 0 radical (unpaired) electrons. The number of aromatic nitrogens is 1. The van der Waals surface area contributed by atoms with E-state index in [2.05, 4.69) is 9.17 Å². The second-order valence-electron chi connectivity index (χ2n) is 5.98. The second-order valence-corrected chi connectivity index (χ2v) is 7.52. The second kappa shape index (κ2) is 6.93. The summed E-state index contributed by atoms with van der Waals surface area (Å²) in [6.45, 7) is 0. The van der Waals surface area contributed by atoms with Gasteiger partial charge in [-0.25, -0.2) is 4.98 Å². The van der Waals surface area contributed by atoms with E-state index in [-0.39, 0.29) is 22.4 Å². The number of hydrogen-bond acceptors (Lipinski definition) is 8. The maximum atomic E-state index is 12.7. The minimum atomic E-state index is -6.01. The van der Waals surface area contributed by atoms with Crippen molar-refractivity contribution < 1.29 is 36.2 Å². The zero-order valence-electron chi connectivity index (χ0n) is 13.9. The molecule has 28 heavy (non-hydrogen) atoms. The first-order chi connectivity index (χ1) is 13.0. The first-order valence-corrected chi connectivity index (χ1v) is 9.18. The van der Waals surface area contributed by atoms with E-state index in [1.807, 2.05) is 0 Å². The van der Waals surface area contributed by atoms with E-state index in [9.17, 15) is 26.9 Å². The van der Waals surface area contributed by atoms with Crippen molar-refractivity contribution in [3.05, 3.63) is 41.6 Å². The minimum absolute atomic E-state index is 0.00477. The number of nitriles is 1. The Labute approximate surface area is 157 Å². The number of pyridine rings is 1. The molecule has 0 aliphatic heterocycles. The fraction of sp³-hybridized carbons (Fsp3) is 0.250. The van der Waals surface area contributed by atoms with Gasteiger partial charge in [-0.15, -0.1) is 5.23 Å². The van der Waals surface area contributed by atoms with Crippen LogP contribution in [-0.4, -0.2) is 29.3 Å². The van der Waals surface area contributed by atoms with Crippen LogP contribution in [0.25, 0.3) is 11.1 Å². The van der Waals surface area contributed by atoms with Crippen molar-refractivity contribution >= 4 is 15.8 Å². The van der Waals surface area contributed by atoms with Crippen LogP contribution in [0.15, 0.2) is 30.3 Å². The molecule has 1 aliphatic carbocycles. The summed E-state index contributed by atoms with van der Waals surface area (Å²) in [5.74, 6) is -1.03. The summed E-state index contributed by atoms with van der Waals surface area (Å²) in [5.41, 5.74) is -5.44. The summed E-state index contributed by atoms with van der Waals surface area (Å²) in [7, 11) is -6.01. The number of alkyl halides is 3. The number of benzene rings is 1. The monoisotopic (exact) mass is 415 g/mol. The Morgan fingerprint density at radius 1 is 1.21 bits per heavy atom. The van der Waals surface area contributed by atoms with Crippen molar-refractivity contribution in [2.45, 2.75) is 24.3 Å². The summed E-state index contributed by atoms with van der Waals surface area (Å²) in [6, 6.07) is 8.43. The van der Waals surface area contributed by atoms with Gasteiger partial charge in [-0.1, -0.05) is 12.1 Å². The van der Waals surface area contributed by atoms with Gasteiger partial charge in [0.15, 0.2) is 0 Å². The van der Waals surface area contributed by atoms with Crippen LogP contribution in [0.2, 0.25) is 0 Å². The van der Waals surface area contributed by atoms with Gasteiger partial charge in [0.2, 0.25) is 0 Å². The summed E-state index contributed by atoms with van der Waals surface area (Å²) in [4.78, 5) is 3.82. The van der Waals surface area contributed by atoms with E-state index in [1.54, 1.807) is 6.07 Å². The Morgan fingerprint density at radius 3 is 2.29 bits per heavy atom. The van der Waals surface area contributed by atoms with Crippen LogP contribution in [0.3, 0.4) is 0 Å². The smallest absolute Gasteiger partial charge is 0.354 e. The highest BCUT2D eigenvalue weighted by Gasteiger charge is 2.49. The lowest BCUT2D eigenvalue weighted by molar-refractivity contribution is -0.0501. The molecular formula is C16H12F3N3O5S. The Kier molecular flexibility index (Phi) is 4.92. The fourth-order valence-electron chi connectivity index (χ4n) is 2.45. The number of halogens is 3. The highest BCUT2D eigenvalue weighted by molar-refractivity contribution is 7.87. The zero-order chi connectivity index (χ0) is 20.7. The van der Waals surface area contributed by atoms with E-state index in [4.69, 9.17) is 10.4 Å². The molecule has 1 aromatic carbocycles. The maximum Gasteiger partial charge on any atom is 0.534 e. The summed E-state index contributed by atoms with van der Waals surface area (Å²) >= 11 is 0. The van der Waals surface area contributed by atoms with Gasteiger partial charge in [0, 0.05) is 17.2 Å². The van der Waals surface area contributed by atoms with E-state index in [0.717, 1.165) is 0 Å². The molecular weight excluding hydrogens is 403 g/mol. The summed E-state index contributed by atoms with van der Waals surface area (Å²) < 4.78 is 65.0. The van der Waals surface area contributed by atoms with Crippen molar-refractivity contribution in [1.82, 2.24) is 4.98 Å². The maximum absolute atomic E-state index is 12.7. The van der Waals surface area contributed by atoms with Gasteiger partial charge in [0.1, 0.15) is 11.6 Å². The Hall–Kier alpha value is -2.88. The van der Waals surface area contributed by atoms with Gasteiger partial charge in [0.25, 0.3) is 5.88 Å². The third-order valence-corrected chi connectivity index (χ3v) is 4.94. The molecule has 1 aromatic heterocycles. The zero-order valence-corrected chi connectivity index (χ0v) is 14.7. The molecule has 0 unspecified atom stereocenters. The molecule has 1 aliphatic rings. The van der Waals surface area contributed by atoms with Crippen LogP contribution >= 0.6 is 0 Å². The number of rotatable bonds is 5. The third kappa shape index (κ3) is 3.86. The fourth-order valence-corrected chi connectivity index (χ4v) is 2.87. The van der Waals surface area contributed by atoms with Crippen molar-refractivity contribution in [3.8, 4) is 23.1 Å². The standard InChI is InChI=1S/C16H12F3N3O5S/c17-16(18,19)28(25,26)27-15-13(8-20)12(7-14(21-15)10-1-2-10)9-3-5-11(6-4-9)22(23)24/h3-7,10,23-24H,1-2H2. The Bertz CT molecular complexity index is 1040. The van der Waals surface area contributed by atoms with Gasteiger partial charge in [-0.3, -0.25) is 10.4 Å².